The lowest BCUT2D eigenvalue weighted by atomic mass is 10.1. The summed E-state index contributed by atoms with van der Waals surface area (Å²) in [5.74, 6) is -1.48. The van der Waals surface area contributed by atoms with E-state index in [2.05, 4.69) is 0 Å². The van der Waals surface area contributed by atoms with Crippen LogP contribution in [0.3, 0.4) is 0 Å². The number of fused-ring (bicyclic) bond motifs is 1. The van der Waals surface area contributed by atoms with Gasteiger partial charge in [0.1, 0.15) is 23.5 Å². The van der Waals surface area contributed by atoms with E-state index in [9.17, 15) is 14.4 Å². The molecule has 0 radical (unpaired) electrons. The maximum absolute atomic E-state index is 12.4. The van der Waals surface area contributed by atoms with Crippen molar-refractivity contribution in [2.24, 2.45) is 0 Å². The first-order valence-electron chi connectivity index (χ1n) is 7.84. The van der Waals surface area contributed by atoms with Gasteiger partial charge in [-0.1, -0.05) is 12.1 Å². The van der Waals surface area contributed by atoms with Crippen molar-refractivity contribution < 1.29 is 38.1 Å². The lowest BCUT2D eigenvalue weighted by molar-refractivity contribution is -0.151. The van der Waals surface area contributed by atoms with Gasteiger partial charge in [0.15, 0.2) is 12.2 Å². The molecular formula is C17H18O8. The van der Waals surface area contributed by atoms with E-state index in [1.807, 2.05) is 0 Å². The molecule has 2 aliphatic heterocycles. The van der Waals surface area contributed by atoms with E-state index in [0.29, 0.717) is 0 Å². The lowest BCUT2D eigenvalue weighted by Gasteiger charge is -2.17. The number of hydrogen-bond acceptors (Lipinski definition) is 8. The largest absolute Gasteiger partial charge is 0.457 e. The summed E-state index contributed by atoms with van der Waals surface area (Å²) in [6.07, 6.45) is -2.12. The third-order valence-corrected chi connectivity index (χ3v) is 3.90. The normalized spacial score (nSPS) is 27.4. The second-order valence-electron chi connectivity index (χ2n) is 5.78. The molecule has 134 valence electrons. The zero-order valence-corrected chi connectivity index (χ0v) is 13.8. The summed E-state index contributed by atoms with van der Waals surface area (Å²) in [5, 5.41) is 0. The predicted molar refractivity (Wildman–Crippen MR) is 82.0 cm³/mol. The Kier molecular flexibility index (Phi) is 5.00. The molecular weight excluding hydrogens is 332 g/mol. The fourth-order valence-corrected chi connectivity index (χ4v) is 2.92. The van der Waals surface area contributed by atoms with Crippen LogP contribution in [0.25, 0.3) is 0 Å². The summed E-state index contributed by atoms with van der Waals surface area (Å²) in [7, 11) is 0. The Morgan fingerprint density at radius 1 is 0.920 bits per heavy atom. The molecule has 8 nitrogen and oxygen atoms in total. The van der Waals surface area contributed by atoms with Gasteiger partial charge in [-0.05, 0) is 12.1 Å². The molecule has 0 N–H and O–H groups in total. The van der Waals surface area contributed by atoms with Gasteiger partial charge in [0.2, 0.25) is 0 Å². The SMILES string of the molecule is CC(=O)Oc1ccccc1C(=O)O[C@H]1CO[C@H]2[C@@H]1OC[C@H]2OC(C)=O. The van der Waals surface area contributed by atoms with Crippen molar-refractivity contribution in [3.63, 3.8) is 0 Å². The molecule has 0 aromatic heterocycles. The third-order valence-electron chi connectivity index (χ3n) is 3.90. The van der Waals surface area contributed by atoms with Crippen LogP contribution in [0.4, 0.5) is 0 Å². The van der Waals surface area contributed by atoms with Gasteiger partial charge in [-0.15, -0.1) is 0 Å². The van der Waals surface area contributed by atoms with Gasteiger partial charge in [-0.2, -0.15) is 0 Å². The second-order valence-corrected chi connectivity index (χ2v) is 5.78. The summed E-state index contributed by atoms with van der Waals surface area (Å²) < 4.78 is 26.8. The Bertz CT molecular complexity index is 685. The van der Waals surface area contributed by atoms with Crippen molar-refractivity contribution >= 4 is 17.9 Å². The summed E-state index contributed by atoms with van der Waals surface area (Å²) >= 11 is 0. The first kappa shape index (κ1) is 17.4. The minimum atomic E-state index is -0.648. The Morgan fingerprint density at radius 2 is 1.52 bits per heavy atom. The van der Waals surface area contributed by atoms with Crippen LogP contribution in [0, 0.1) is 0 Å². The predicted octanol–water partition coefficient (Wildman–Crippen LogP) is 0.867. The zero-order chi connectivity index (χ0) is 18.0. The number of esters is 3. The van der Waals surface area contributed by atoms with E-state index in [-0.39, 0.29) is 24.5 Å². The minimum absolute atomic E-state index is 0.126. The molecule has 2 aliphatic rings. The van der Waals surface area contributed by atoms with Crippen LogP contribution < -0.4 is 4.74 Å². The minimum Gasteiger partial charge on any atom is -0.457 e. The molecule has 0 saturated carbocycles. The van der Waals surface area contributed by atoms with Crippen molar-refractivity contribution in [2.75, 3.05) is 13.2 Å². The van der Waals surface area contributed by atoms with E-state index in [4.69, 9.17) is 23.7 Å². The maximum Gasteiger partial charge on any atom is 0.342 e. The molecule has 0 aliphatic carbocycles. The Morgan fingerprint density at radius 3 is 2.12 bits per heavy atom. The van der Waals surface area contributed by atoms with Gasteiger partial charge in [0.25, 0.3) is 0 Å². The first-order chi connectivity index (χ1) is 12.0. The molecule has 0 bridgehead atoms. The average molecular weight is 350 g/mol. The Labute approximate surface area is 143 Å². The quantitative estimate of drug-likeness (QED) is 0.583. The molecule has 8 heteroatoms. The fourth-order valence-electron chi connectivity index (χ4n) is 2.92. The summed E-state index contributed by atoms with van der Waals surface area (Å²) in [6, 6.07) is 6.30. The Balaban J connectivity index is 1.67. The van der Waals surface area contributed by atoms with Gasteiger partial charge in [0.05, 0.1) is 13.2 Å². The smallest absolute Gasteiger partial charge is 0.342 e. The van der Waals surface area contributed by atoms with Crippen molar-refractivity contribution in [1.29, 1.82) is 0 Å². The van der Waals surface area contributed by atoms with Crippen molar-refractivity contribution in [2.45, 2.75) is 38.3 Å². The molecule has 2 saturated heterocycles. The number of ether oxygens (including phenoxy) is 5. The van der Waals surface area contributed by atoms with E-state index >= 15 is 0 Å². The molecule has 4 atom stereocenters. The van der Waals surface area contributed by atoms with E-state index in [0.717, 1.165) is 0 Å². The first-order valence-corrected chi connectivity index (χ1v) is 7.84. The van der Waals surface area contributed by atoms with Crippen LogP contribution in [-0.4, -0.2) is 55.5 Å². The number of carbonyl (C=O) groups excluding carboxylic acids is 3. The molecule has 3 rings (SSSR count). The van der Waals surface area contributed by atoms with Gasteiger partial charge in [-0.3, -0.25) is 9.59 Å². The van der Waals surface area contributed by atoms with Gasteiger partial charge >= 0.3 is 17.9 Å². The number of rotatable bonds is 4. The van der Waals surface area contributed by atoms with Crippen LogP contribution in [0.5, 0.6) is 5.75 Å². The third kappa shape index (κ3) is 3.80. The standard InChI is InChI=1S/C17H18O8/c1-9(18)23-12-6-4-3-5-11(12)17(20)25-14-8-22-15-13(24-10(2)19)7-21-16(14)15/h3-6,13-16H,7-8H2,1-2H3/t13-,14+,15-,16-/m1/s1. The van der Waals surface area contributed by atoms with E-state index in [1.165, 1.54) is 26.0 Å². The van der Waals surface area contributed by atoms with Crippen LogP contribution >= 0.6 is 0 Å². The van der Waals surface area contributed by atoms with Gasteiger partial charge in [0, 0.05) is 13.8 Å². The Hall–Kier alpha value is -2.45. The monoisotopic (exact) mass is 350 g/mol. The van der Waals surface area contributed by atoms with Crippen molar-refractivity contribution in [1.82, 2.24) is 0 Å². The molecule has 1 aromatic carbocycles. The summed E-state index contributed by atoms with van der Waals surface area (Å²) in [5.41, 5.74) is 0.135. The number of carbonyl (C=O) groups is 3. The maximum atomic E-state index is 12.4. The van der Waals surface area contributed by atoms with Crippen LogP contribution in [0.15, 0.2) is 24.3 Å². The number of para-hydroxylation sites is 1. The lowest BCUT2D eigenvalue weighted by Crippen LogP contribution is -2.35. The fraction of sp³-hybridized carbons (Fsp3) is 0.471. The van der Waals surface area contributed by atoms with Crippen LogP contribution in [0.1, 0.15) is 24.2 Å². The van der Waals surface area contributed by atoms with E-state index in [1.54, 1.807) is 12.1 Å². The van der Waals surface area contributed by atoms with Crippen LogP contribution in [0.2, 0.25) is 0 Å². The molecule has 25 heavy (non-hydrogen) atoms. The summed E-state index contributed by atoms with van der Waals surface area (Å²) in [6.45, 7) is 2.88. The van der Waals surface area contributed by atoms with Crippen molar-refractivity contribution in [3.8, 4) is 5.75 Å². The van der Waals surface area contributed by atoms with E-state index < -0.39 is 42.3 Å². The average Bonchev–Trinajstić information content (AvgIpc) is 3.11. The highest BCUT2D eigenvalue weighted by atomic mass is 16.7. The van der Waals surface area contributed by atoms with Crippen LogP contribution in [-0.2, 0) is 28.5 Å². The van der Waals surface area contributed by atoms with Crippen molar-refractivity contribution in [3.05, 3.63) is 29.8 Å². The number of benzene rings is 1. The molecule has 0 unspecified atom stereocenters. The van der Waals surface area contributed by atoms with Gasteiger partial charge in [-0.25, -0.2) is 4.79 Å². The highest BCUT2D eigenvalue weighted by Crippen LogP contribution is 2.31. The number of hydrogen-bond donors (Lipinski definition) is 0. The molecule has 2 heterocycles. The molecule has 2 fully saturated rings. The molecule has 1 aromatic rings. The highest BCUT2D eigenvalue weighted by molar-refractivity contribution is 5.93. The molecule has 0 spiro atoms. The topological polar surface area (TPSA) is 97.4 Å². The second kappa shape index (κ2) is 7.20. The van der Waals surface area contributed by atoms with Gasteiger partial charge < -0.3 is 23.7 Å². The summed E-state index contributed by atoms with van der Waals surface area (Å²) in [4.78, 5) is 34.7. The zero-order valence-electron chi connectivity index (χ0n) is 13.8. The molecule has 0 amide bonds. The highest BCUT2D eigenvalue weighted by Gasteiger charge is 2.51.